The van der Waals surface area contributed by atoms with Crippen LogP contribution in [0.3, 0.4) is 0 Å². The molecule has 1 aliphatic rings. The van der Waals surface area contributed by atoms with E-state index in [2.05, 4.69) is 47.6 Å². The van der Waals surface area contributed by atoms with Crippen LogP contribution in [-0.4, -0.2) is 0 Å². The Labute approximate surface area is 93.7 Å². The SMILES string of the molecule is Cc1cc(C)c2c(c1C)C(C)(C)C(C)C2. The van der Waals surface area contributed by atoms with Crippen molar-refractivity contribution in [1.29, 1.82) is 0 Å². The number of fused-ring (bicyclic) bond motifs is 1. The average molecular weight is 202 g/mol. The van der Waals surface area contributed by atoms with Crippen molar-refractivity contribution in [2.45, 2.75) is 53.4 Å². The van der Waals surface area contributed by atoms with Crippen molar-refractivity contribution in [3.63, 3.8) is 0 Å². The van der Waals surface area contributed by atoms with Crippen molar-refractivity contribution in [2.75, 3.05) is 0 Å². The van der Waals surface area contributed by atoms with Gasteiger partial charge in [-0.3, -0.25) is 0 Å². The molecule has 1 atom stereocenters. The summed E-state index contributed by atoms with van der Waals surface area (Å²) in [6, 6.07) is 2.35. The van der Waals surface area contributed by atoms with Gasteiger partial charge in [-0.15, -0.1) is 0 Å². The Bertz CT molecular complexity index is 411. The minimum Gasteiger partial charge on any atom is -0.0614 e. The van der Waals surface area contributed by atoms with Crippen LogP contribution in [0.5, 0.6) is 0 Å². The van der Waals surface area contributed by atoms with Crippen LogP contribution < -0.4 is 0 Å². The number of aryl methyl sites for hydroxylation is 2. The molecule has 0 saturated carbocycles. The van der Waals surface area contributed by atoms with E-state index in [0.29, 0.717) is 5.41 Å². The first-order valence-electron chi connectivity index (χ1n) is 5.96. The van der Waals surface area contributed by atoms with Gasteiger partial charge in [0.15, 0.2) is 0 Å². The average Bonchev–Trinajstić information content (AvgIpc) is 2.36. The minimum atomic E-state index is 0.357. The lowest BCUT2D eigenvalue weighted by atomic mass is 9.77. The van der Waals surface area contributed by atoms with E-state index in [1.54, 1.807) is 11.1 Å². The summed E-state index contributed by atoms with van der Waals surface area (Å²) >= 11 is 0. The Balaban J connectivity index is 2.75. The molecule has 15 heavy (non-hydrogen) atoms. The van der Waals surface area contributed by atoms with Crippen LogP contribution in [0.1, 0.15) is 48.6 Å². The normalized spacial score (nSPS) is 22.9. The largest absolute Gasteiger partial charge is 0.0614 e. The monoisotopic (exact) mass is 202 g/mol. The molecule has 0 amide bonds. The summed E-state index contributed by atoms with van der Waals surface area (Å²) in [4.78, 5) is 0. The topological polar surface area (TPSA) is 0 Å². The highest BCUT2D eigenvalue weighted by atomic mass is 14.4. The fourth-order valence-corrected chi connectivity index (χ4v) is 3.08. The van der Waals surface area contributed by atoms with Gasteiger partial charge in [-0.05, 0) is 66.3 Å². The molecule has 1 unspecified atom stereocenters. The van der Waals surface area contributed by atoms with Crippen molar-refractivity contribution in [3.05, 3.63) is 33.9 Å². The van der Waals surface area contributed by atoms with Crippen molar-refractivity contribution >= 4 is 0 Å². The molecule has 0 heteroatoms. The highest BCUT2D eigenvalue weighted by molar-refractivity contribution is 5.51. The molecule has 1 aliphatic carbocycles. The van der Waals surface area contributed by atoms with Crippen molar-refractivity contribution in [1.82, 2.24) is 0 Å². The molecule has 0 N–H and O–H groups in total. The van der Waals surface area contributed by atoms with E-state index < -0.39 is 0 Å². The van der Waals surface area contributed by atoms with Crippen LogP contribution in [-0.2, 0) is 11.8 Å². The first kappa shape index (κ1) is 10.7. The second-order valence-electron chi connectivity index (χ2n) is 5.82. The fraction of sp³-hybridized carbons (Fsp3) is 0.600. The van der Waals surface area contributed by atoms with Crippen LogP contribution >= 0.6 is 0 Å². The van der Waals surface area contributed by atoms with Crippen LogP contribution in [0.25, 0.3) is 0 Å². The van der Waals surface area contributed by atoms with Crippen LogP contribution in [0.4, 0.5) is 0 Å². The highest BCUT2D eigenvalue weighted by Gasteiger charge is 2.38. The van der Waals surface area contributed by atoms with E-state index in [4.69, 9.17) is 0 Å². The first-order chi connectivity index (χ1) is 6.85. The lowest BCUT2D eigenvalue weighted by Crippen LogP contribution is -2.22. The second kappa shape index (κ2) is 3.10. The molecule has 0 radical (unpaired) electrons. The molecular weight excluding hydrogens is 180 g/mol. The molecule has 0 aliphatic heterocycles. The third kappa shape index (κ3) is 1.34. The molecule has 0 nitrogen and oxygen atoms in total. The van der Waals surface area contributed by atoms with Crippen molar-refractivity contribution < 1.29 is 0 Å². The van der Waals surface area contributed by atoms with Crippen LogP contribution in [0.15, 0.2) is 6.07 Å². The summed E-state index contributed by atoms with van der Waals surface area (Å²) in [5, 5.41) is 0. The number of benzene rings is 1. The molecule has 1 aromatic rings. The van der Waals surface area contributed by atoms with Gasteiger partial charge < -0.3 is 0 Å². The van der Waals surface area contributed by atoms with Gasteiger partial charge >= 0.3 is 0 Å². The number of hydrogen-bond donors (Lipinski definition) is 0. The van der Waals surface area contributed by atoms with Gasteiger partial charge in [0.05, 0.1) is 0 Å². The van der Waals surface area contributed by atoms with Crippen LogP contribution in [0.2, 0.25) is 0 Å². The third-order valence-electron chi connectivity index (χ3n) is 4.56. The molecular formula is C15H22. The Hall–Kier alpha value is -0.780. The van der Waals surface area contributed by atoms with Crippen LogP contribution in [0, 0.1) is 26.7 Å². The molecule has 82 valence electrons. The Kier molecular flexibility index (Phi) is 2.22. The van der Waals surface area contributed by atoms with Gasteiger partial charge in [0.1, 0.15) is 0 Å². The van der Waals surface area contributed by atoms with Crippen molar-refractivity contribution in [3.8, 4) is 0 Å². The zero-order valence-electron chi connectivity index (χ0n) is 10.9. The summed E-state index contributed by atoms with van der Waals surface area (Å²) < 4.78 is 0. The number of hydrogen-bond acceptors (Lipinski definition) is 0. The van der Waals surface area contributed by atoms with Gasteiger partial charge in [0, 0.05) is 0 Å². The maximum Gasteiger partial charge on any atom is -0.00692 e. The molecule has 1 aromatic carbocycles. The van der Waals surface area contributed by atoms with E-state index in [9.17, 15) is 0 Å². The van der Waals surface area contributed by atoms with E-state index in [0.717, 1.165) is 5.92 Å². The van der Waals surface area contributed by atoms with Crippen molar-refractivity contribution in [2.24, 2.45) is 5.92 Å². The summed E-state index contributed by atoms with van der Waals surface area (Å²) in [7, 11) is 0. The lowest BCUT2D eigenvalue weighted by Gasteiger charge is -2.27. The first-order valence-corrected chi connectivity index (χ1v) is 5.96. The molecule has 2 rings (SSSR count). The summed E-state index contributed by atoms with van der Waals surface area (Å²) in [5.41, 5.74) is 8.07. The second-order valence-corrected chi connectivity index (χ2v) is 5.82. The number of rotatable bonds is 0. The Morgan fingerprint density at radius 1 is 1.13 bits per heavy atom. The Morgan fingerprint density at radius 3 is 2.33 bits per heavy atom. The van der Waals surface area contributed by atoms with Gasteiger partial charge in [0.2, 0.25) is 0 Å². The molecule has 0 aromatic heterocycles. The summed E-state index contributed by atoms with van der Waals surface area (Å²) in [6.45, 7) is 14.0. The summed E-state index contributed by atoms with van der Waals surface area (Å²) in [5.74, 6) is 0.770. The zero-order valence-corrected chi connectivity index (χ0v) is 10.9. The van der Waals surface area contributed by atoms with Gasteiger partial charge in [-0.2, -0.15) is 0 Å². The van der Waals surface area contributed by atoms with E-state index in [-0.39, 0.29) is 0 Å². The Morgan fingerprint density at radius 2 is 1.73 bits per heavy atom. The fourth-order valence-electron chi connectivity index (χ4n) is 3.08. The molecule has 0 heterocycles. The lowest BCUT2D eigenvalue weighted by molar-refractivity contribution is 0.378. The molecule has 0 saturated heterocycles. The summed E-state index contributed by atoms with van der Waals surface area (Å²) in [6.07, 6.45) is 1.26. The highest BCUT2D eigenvalue weighted by Crippen LogP contribution is 2.46. The quantitative estimate of drug-likeness (QED) is 0.594. The third-order valence-corrected chi connectivity index (χ3v) is 4.56. The van der Waals surface area contributed by atoms with E-state index in [1.807, 2.05) is 0 Å². The predicted octanol–water partition coefficient (Wildman–Crippen LogP) is 4.08. The zero-order chi connectivity index (χ0) is 11.4. The standard InChI is InChI=1S/C15H22/c1-9-7-10(2)13-8-11(3)15(5,6)14(13)12(9)4/h7,11H,8H2,1-6H3. The van der Waals surface area contributed by atoms with Gasteiger partial charge in [-0.25, -0.2) is 0 Å². The maximum atomic E-state index is 2.40. The van der Waals surface area contributed by atoms with E-state index >= 15 is 0 Å². The predicted molar refractivity (Wildman–Crippen MR) is 66.5 cm³/mol. The van der Waals surface area contributed by atoms with Gasteiger partial charge in [0.25, 0.3) is 0 Å². The smallest absolute Gasteiger partial charge is 0.00692 e. The van der Waals surface area contributed by atoms with E-state index in [1.165, 1.54) is 23.1 Å². The molecule has 0 fully saturated rings. The maximum absolute atomic E-state index is 2.40. The van der Waals surface area contributed by atoms with Gasteiger partial charge in [-0.1, -0.05) is 26.8 Å². The minimum absolute atomic E-state index is 0.357. The molecule has 0 spiro atoms. The molecule has 0 bridgehead atoms.